The molecule has 3 nitrogen and oxygen atoms in total. The lowest BCUT2D eigenvalue weighted by molar-refractivity contribution is 0.645. The van der Waals surface area contributed by atoms with E-state index in [9.17, 15) is 4.79 Å². The zero-order chi connectivity index (χ0) is 13.3. The fraction of sp³-hybridized carbons (Fsp3) is 0.400. The highest BCUT2D eigenvalue weighted by Gasteiger charge is 2.16. The number of aromatic nitrogens is 2. The molecule has 0 fully saturated rings. The standard InChI is InChI=1S/C15H20N2O/c1-10(2)9-13-14(17(4)16-15(13)18)12-8-6-5-7-11(12)3/h5-8,10H,9H2,1-4H3,(H,16,18). The number of hydrogen-bond acceptors (Lipinski definition) is 1. The second-order valence-electron chi connectivity index (χ2n) is 5.24. The number of aromatic amines is 1. The monoisotopic (exact) mass is 244 g/mol. The fourth-order valence-electron chi connectivity index (χ4n) is 2.37. The van der Waals surface area contributed by atoms with Gasteiger partial charge in [-0.05, 0) is 24.8 Å². The molecule has 0 saturated heterocycles. The van der Waals surface area contributed by atoms with Gasteiger partial charge in [0, 0.05) is 18.2 Å². The van der Waals surface area contributed by atoms with E-state index in [-0.39, 0.29) is 5.56 Å². The minimum Gasteiger partial charge on any atom is -0.287 e. The van der Waals surface area contributed by atoms with Crippen LogP contribution in [-0.4, -0.2) is 9.78 Å². The fourth-order valence-corrected chi connectivity index (χ4v) is 2.37. The van der Waals surface area contributed by atoms with Crippen LogP contribution in [-0.2, 0) is 13.5 Å². The molecule has 0 unspecified atom stereocenters. The highest BCUT2D eigenvalue weighted by Crippen LogP contribution is 2.25. The Labute approximate surface area is 107 Å². The maximum atomic E-state index is 12.0. The van der Waals surface area contributed by atoms with Crippen molar-refractivity contribution in [2.45, 2.75) is 27.2 Å². The number of aryl methyl sites for hydroxylation is 2. The second kappa shape index (κ2) is 4.84. The Morgan fingerprint density at radius 2 is 1.94 bits per heavy atom. The summed E-state index contributed by atoms with van der Waals surface area (Å²) in [5.74, 6) is 0.469. The number of hydrogen-bond donors (Lipinski definition) is 1. The summed E-state index contributed by atoms with van der Waals surface area (Å²) >= 11 is 0. The molecule has 0 atom stereocenters. The third-order valence-electron chi connectivity index (χ3n) is 3.18. The first kappa shape index (κ1) is 12.7. The van der Waals surface area contributed by atoms with Gasteiger partial charge in [-0.15, -0.1) is 0 Å². The summed E-state index contributed by atoms with van der Waals surface area (Å²) < 4.78 is 1.84. The van der Waals surface area contributed by atoms with E-state index >= 15 is 0 Å². The van der Waals surface area contributed by atoms with E-state index in [0.717, 1.165) is 23.2 Å². The highest BCUT2D eigenvalue weighted by molar-refractivity contribution is 5.66. The van der Waals surface area contributed by atoms with Crippen molar-refractivity contribution in [2.24, 2.45) is 13.0 Å². The molecule has 0 spiro atoms. The van der Waals surface area contributed by atoms with Crippen LogP contribution >= 0.6 is 0 Å². The van der Waals surface area contributed by atoms with Crippen molar-refractivity contribution in [3.8, 4) is 11.3 Å². The second-order valence-corrected chi connectivity index (χ2v) is 5.24. The van der Waals surface area contributed by atoms with Crippen molar-refractivity contribution in [3.63, 3.8) is 0 Å². The summed E-state index contributed by atoms with van der Waals surface area (Å²) in [6.45, 7) is 6.34. The molecule has 0 aliphatic heterocycles. The topological polar surface area (TPSA) is 37.8 Å². The van der Waals surface area contributed by atoms with Crippen molar-refractivity contribution < 1.29 is 0 Å². The molecule has 2 rings (SSSR count). The van der Waals surface area contributed by atoms with E-state index in [4.69, 9.17) is 0 Å². The van der Waals surface area contributed by atoms with Gasteiger partial charge in [0.1, 0.15) is 0 Å². The summed E-state index contributed by atoms with van der Waals surface area (Å²) in [5.41, 5.74) is 4.27. The molecule has 1 aromatic carbocycles. The number of H-pyrrole nitrogens is 1. The van der Waals surface area contributed by atoms with E-state index in [1.54, 1.807) is 0 Å². The first-order valence-electron chi connectivity index (χ1n) is 6.34. The van der Waals surface area contributed by atoms with Gasteiger partial charge < -0.3 is 0 Å². The molecular formula is C15H20N2O. The zero-order valence-electron chi connectivity index (χ0n) is 11.4. The van der Waals surface area contributed by atoms with E-state index < -0.39 is 0 Å². The summed E-state index contributed by atoms with van der Waals surface area (Å²) in [5, 5.41) is 2.87. The van der Waals surface area contributed by atoms with E-state index in [1.165, 1.54) is 5.56 Å². The van der Waals surface area contributed by atoms with Gasteiger partial charge in [0.2, 0.25) is 0 Å². The summed E-state index contributed by atoms with van der Waals surface area (Å²) in [7, 11) is 1.90. The molecule has 0 bridgehead atoms. The van der Waals surface area contributed by atoms with Crippen LogP contribution in [0, 0.1) is 12.8 Å². The van der Waals surface area contributed by atoms with Crippen LogP contribution in [0.2, 0.25) is 0 Å². The van der Waals surface area contributed by atoms with Crippen LogP contribution in [0.4, 0.5) is 0 Å². The number of benzene rings is 1. The lowest BCUT2D eigenvalue weighted by Crippen LogP contribution is -2.09. The van der Waals surface area contributed by atoms with Gasteiger partial charge in [-0.3, -0.25) is 14.6 Å². The van der Waals surface area contributed by atoms with E-state index in [0.29, 0.717) is 5.92 Å². The Morgan fingerprint density at radius 3 is 2.56 bits per heavy atom. The molecule has 0 aliphatic rings. The molecule has 0 radical (unpaired) electrons. The number of nitrogens with one attached hydrogen (secondary N) is 1. The van der Waals surface area contributed by atoms with Gasteiger partial charge in [0.05, 0.1) is 5.69 Å². The molecule has 2 aromatic rings. The van der Waals surface area contributed by atoms with Gasteiger partial charge in [-0.2, -0.15) is 0 Å². The minimum absolute atomic E-state index is 0.0319. The first-order valence-corrected chi connectivity index (χ1v) is 6.34. The zero-order valence-corrected chi connectivity index (χ0v) is 11.4. The summed E-state index contributed by atoms with van der Waals surface area (Å²) in [6, 6.07) is 8.18. The molecule has 0 amide bonds. The first-order chi connectivity index (χ1) is 8.50. The maximum absolute atomic E-state index is 12.0. The predicted octanol–water partition coefficient (Wildman–Crippen LogP) is 2.89. The Hall–Kier alpha value is -1.77. The van der Waals surface area contributed by atoms with Crippen LogP contribution < -0.4 is 5.56 Å². The molecule has 0 saturated carbocycles. The lowest BCUT2D eigenvalue weighted by Gasteiger charge is -2.10. The van der Waals surface area contributed by atoms with Crippen LogP contribution in [0.5, 0.6) is 0 Å². The van der Waals surface area contributed by atoms with Crippen LogP contribution in [0.1, 0.15) is 25.0 Å². The molecule has 18 heavy (non-hydrogen) atoms. The van der Waals surface area contributed by atoms with E-state index in [1.807, 2.05) is 23.9 Å². The van der Waals surface area contributed by atoms with Gasteiger partial charge in [-0.1, -0.05) is 38.1 Å². The third-order valence-corrected chi connectivity index (χ3v) is 3.18. The molecule has 3 heteroatoms. The molecular weight excluding hydrogens is 224 g/mol. The molecule has 1 aromatic heterocycles. The van der Waals surface area contributed by atoms with Crippen LogP contribution in [0.3, 0.4) is 0 Å². The van der Waals surface area contributed by atoms with E-state index in [2.05, 4.69) is 38.0 Å². The van der Waals surface area contributed by atoms with Crippen molar-refractivity contribution >= 4 is 0 Å². The van der Waals surface area contributed by atoms with Crippen molar-refractivity contribution in [2.75, 3.05) is 0 Å². The highest BCUT2D eigenvalue weighted by atomic mass is 16.1. The van der Waals surface area contributed by atoms with Crippen molar-refractivity contribution in [1.82, 2.24) is 9.78 Å². The maximum Gasteiger partial charge on any atom is 0.267 e. The Balaban J connectivity index is 2.64. The lowest BCUT2D eigenvalue weighted by atomic mass is 9.97. The molecule has 1 heterocycles. The van der Waals surface area contributed by atoms with Gasteiger partial charge >= 0.3 is 0 Å². The average molecular weight is 244 g/mol. The number of nitrogens with zero attached hydrogens (tertiary/aromatic N) is 1. The Morgan fingerprint density at radius 1 is 1.28 bits per heavy atom. The Bertz CT molecular complexity index is 605. The number of rotatable bonds is 3. The summed E-state index contributed by atoms with van der Waals surface area (Å²) in [6.07, 6.45) is 0.805. The smallest absolute Gasteiger partial charge is 0.267 e. The third kappa shape index (κ3) is 2.26. The normalized spacial score (nSPS) is 11.2. The van der Waals surface area contributed by atoms with Gasteiger partial charge in [0.25, 0.3) is 5.56 Å². The quantitative estimate of drug-likeness (QED) is 0.885. The molecule has 1 N–H and O–H groups in total. The minimum atomic E-state index is 0.0319. The van der Waals surface area contributed by atoms with Crippen LogP contribution in [0.15, 0.2) is 29.1 Å². The van der Waals surface area contributed by atoms with Crippen molar-refractivity contribution in [1.29, 1.82) is 0 Å². The predicted molar refractivity (Wildman–Crippen MR) is 74.7 cm³/mol. The average Bonchev–Trinajstić information content (AvgIpc) is 2.55. The molecule has 0 aliphatic carbocycles. The van der Waals surface area contributed by atoms with Gasteiger partial charge in [0.15, 0.2) is 0 Å². The molecule has 96 valence electrons. The largest absolute Gasteiger partial charge is 0.287 e. The summed E-state index contributed by atoms with van der Waals surface area (Å²) in [4.78, 5) is 12.0. The van der Waals surface area contributed by atoms with Crippen molar-refractivity contribution in [3.05, 3.63) is 45.7 Å². The SMILES string of the molecule is Cc1ccccc1-c1c(CC(C)C)c(=O)[nH]n1C. The van der Waals surface area contributed by atoms with Crippen LogP contribution in [0.25, 0.3) is 11.3 Å². The Kier molecular flexibility index (Phi) is 3.41. The van der Waals surface area contributed by atoms with Gasteiger partial charge in [-0.25, -0.2) is 0 Å².